The molecule has 3 heterocycles. The predicted octanol–water partition coefficient (Wildman–Crippen LogP) is 11.1. The number of carbonyl (C=O) groups is 1. The van der Waals surface area contributed by atoms with Crippen molar-refractivity contribution in [1.29, 1.82) is 0 Å². The number of aromatic nitrogens is 2. The van der Waals surface area contributed by atoms with Gasteiger partial charge in [-0.1, -0.05) is 88.4 Å². The van der Waals surface area contributed by atoms with Crippen LogP contribution >= 0.6 is 0 Å². The zero-order chi connectivity index (χ0) is 32.0. The Morgan fingerprint density at radius 1 is 0.826 bits per heavy atom. The average Bonchev–Trinajstić information content (AvgIpc) is 3.73. The van der Waals surface area contributed by atoms with Crippen molar-refractivity contribution in [2.24, 2.45) is 0 Å². The minimum Gasteiger partial charge on any atom is -0.459 e. The summed E-state index contributed by atoms with van der Waals surface area (Å²) in [6.45, 7) is 13.2. The summed E-state index contributed by atoms with van der Waals surface area (Å²) in [5.41, 5.74) is 5.32. The van der Waals surface area contributed by atoms with Crippen LogP contribution in [0.15, 0.2) is 108 Å². The lowest BCUT2D eigenvalue weighted by molar-refractivity contribution is -0.158. The van der Waals surface area contributed by atoms with Gasteiger partial charge in [-0.25, -0.2) is 4.79 Å². The van der Waals surface area contributed by atoms with Crippen LogP contribution in [0.2, 0.25) is 0 Å². The summed E-state index contributed by atoms with van der Waals surface area (Å²) < 4.78 is 17.5. The first-order chi connectivity index (χ1) is 22.4. The number of ether oxygens (including phenoxy) is 1. The number of furan rings is 1. The van der Waals surface area contributed by atoms with Gasteiger partial charge in [0.25, 0.3) is 0 Å². The van der Waals surface area contributed by atoms with Crippen LogP contribution in [0.4, 0.5) is 0 Å². The molecule has 0 aliphatic rings. The smallest absolute Gasteiger partial charge is 0.334 e. The van der Waals surface area contributed by atoms with E-state index < -0.39 is 5.60 Å². The van der Waals surface area contributed by atoms with Gasteiger partial charge in [-0.15, -0.1) is 0 Å². The topological polar surface area (TPSA) is 49.3 Å². The van der Waals surface area contributed by atoms with E-state index in [1.165, 1.54) is 27.1 Å². The molecule has 46 heavy (non-hydrogen) atoms. The van der Waals surface area contributed by atoms with Gasteiger partial charge in [-0.3, -0.25) is 0 Å². The molecule has 7 rings (SSSR count). The first-order valence-corrected chi connectivity index (χ1v) is 16.7. The first kappa shape index (κ1) is 29.9. The lowest BCUT2D eigenvalue weighted by atomic mass is 9.90. The van der Waals surface area contributed by atoms with E-state index >= 15 is 0 Å². The molecule has 2 atom stereocenters. The zero-order valence-corrected chi connectivity index (χ0v) is 27.3. The number of nitrogens with zero attached hydrogens (tertiary/aromatic N) is 2. The number of benzene rings is 4. The molecule has 0 saturated heterocycles. The summed E-state index contributed by atoms with van der Waals surface area (Å²) in [6, 6.07) is 32.2. The van der Waals surface area contributed by atoms with E-state index in [2.05, 4.69) is 116 Å². The minimum absolute atomic E-state index is 0.0894. The Morgan fingerprint density at radius 3 is 2.22 bits per heavy atom. The maximum absolute atomic E-state index is 13.4. The fourth-order valence-electron chi connectivity index (χ4n) is 7.36. The second-order valence-corrected chi connectivity index (χ2v) is 12.8. The number of hydrogen-bond donors (Lipinski definition) is 0. The number of rotatable bonds is 11. The van der Waals surface area contributed by atoms with E-state index in [-0.39, 0.29) is 12.0 Å². The molecule has 5 nitrogen and oxygen atoms in total. The van der Waals surface area contributed by atoms with Crippen molar-refractivity contribution < 1.29 is 13.9 Å². The molecule has 0 amide bonds. The molecule has 0 radical (unpaired) electrons. The number of para-hydroxylation sites is 3. The van der Waals surface area contributed by atoms with E-state index in [0.717, 1.165) is 52.5 Å². The van der Waals surface area contributed by atoms with Gasteiger partial charge >= 0.3 is 5.97 Å². The van der Waals surface area contributed by atoms with Crippen LogP contribution in [0, 0.1) is 0 Å². The number of unbranched alkanes of at least 4 members (excludes halogenated alkanes) is 1. The molecule has 0 fully saturated rings. The highest BCUT2D eigenvalue weighted by Crippen LogP contribution is 2.43. The second-order valence-electron chi connectivity index (χ2n) is 12.8. The van der Waals surface area contributed by atoms with Crippen LogP contribution in [0.1, 0.15) is 71.6 Å². The summed E-state index contributed by atoms with van der Waals surface area (Å²) in [5, 5.41) is 5.94. The third-order valence-electron chi connectivity index (χ3n) is 9.95. The van der Waals surface area contributed by atoms with Crippen molar-refractivity contribution in [3.8, 4) is 0 Å². The summed E-state index contributed by atoms with van der Waals surface area (Å²) in [4.78, 5) is 13.4. The molecule has 0 N–H and O–H groups in total. The fraction of sp³-hybridized carbons (Fsp3) is 0.293. The molecule has 0 spiro atoms. The third-order valence-corrected chi connectivity index (χ3v) is 9.95. The quantitative estimate of drug-likeness (QED) is 0.108. The Hall–Kier alpha value is -4.77. The van der Waals surface area contributed by atoms with E-state index in [4.69, 9.17) is 9.15 Å². The van der Waals surface area contributed by atoms with Gasteiger partial charge < -0.3 is 18.3 Å². The standard InChI is InChI=1S/C41H42N2O3/c1-6-9-16-27(4)40(44)46-41(5,8-3)39(7-2)43-35-21-14-12-19-31(35)33-24-32-30-18-11-13-20-34(30)42(36(32)25-37(33)43)26-29-23-28-17-10-15-22-38(28)45-29/h10-15,17-25,39H,4,6-9,16,26H2,1-3,5H3. The van der Waals surface area contributed by atoms with Gasteiger partial charge in [-0.05, 0) is 69.0 Å². The van der Waals surface area contributed by atoms with Gasteiger partial charge in [-0.2, -0.15) is 0 Å². The molecule has 234 valence electrons. The number of fused-ring (bicyclic) bond motifs is 7. The van der Waals surface area contributed by atoms with Crippen LogP contribution in [-0.2, 0) is 16.1 Å². The fourth-order valence-corrected chi connectivity index (χ4v) is 7.36. The Labute approximate surface area is 270 Å². The summed E-state index contributed by atoms with van der Waals surface area (Å²) in [6.07, 6.45) is 4.08. The van der Waals surface area contributed by atoms with E-state index in [0.29, 0.717) is 25.0 Å². The van der Waals surface area contributed by atoms with Crippen molar-refractivity contribution in [2.75, 3.05) is 0 Å². The van der Waals surface area contributed by atoms with Gasteiger partial charge in [0.15, 0.2) is 0 Å². The van der Waals surface area contributed by atoms with E-state index in [1.807, 2.05) is 18.2 Å². The number of hydrogen-bond acceptors (Lipinski definition) is 3. The molecule has 0 saturated carbocycles. The van der Waals surface area contributed by atoms with Crippen LogP contribution in [0.3, 0.4) is 0 Å². The van der Waals surface area contributed by atoms with Gasteiger partial charge in [0.1, 0.15) is 16.9 Å². The van der Waals surface area contributed by atoms with Gasteiger partial charge in [0.2, 0.25) is 0 Å². The third kappa shape index (κ3) is 4.89. The molecule has 2 unspecified atom stereocenters. The van der Waals surface area contributed by atoms with Crippen molar-refractivity contribution >= 4 is 60.6 Å². The number of carbonyl (C=O) groups excluding carboxylic acids is 1. The molecule has 5 heteroatoms. The van der Waals surface area contributed by atoms with Crippen LogP contribution in [-0.4, -0.2) is 20.7 Å². The van der Waals surface area contributed by atoms with Crippen molar-refractivity contribution in [1.82, 2.24) is 9.13 Å². The molecule has 0 aliphatic carbocycles. The van der Waals surface area contributed by atoms with Crippen molar-refractivity contribution in [3.63, 3.8) is 0 Å². The second kappa shape index (κ2) is 11.9. The molecule has 0 bridgehead atoms. The monoisotopic (exact) mass is 610 g/mol. The average molecular weight is 611 g/mol. The van der Waals surface area contributed by atoms with Gasteiger partial charge in [0, 0.05) is 43.5 Å². The molecule has 4 aromatic carbocycles. The maximum Gasteiger partial charge on any atom is 0.334 e. The summed E-state index contributed by atoms with van der Waals surface area (Å²) in [5.74, 6) is 0.634. The van der Waals surface area contributed by atoms with Crippen molar-refractivity contribution in [2.45, 2.75) is 78.0 Å². The predicted molar refractivity (Wildman–Crippen MR) is 191 cm³/mol. The molecule has 3 aromatic heterocycles. The molecule has 0 aliphatic heterocycles. The highest BCUT2D eigenvalue weighted by atomic mass is 16.6. The Morgan fingerprint density at radius 2 is 1.50 bits per heavy atom. The van der Waals surface area contributed by atoms with Crippen LogP contribution in [0.25, 0.3) is 54.6 Å². The Balaban J connectivity index is 1.43. The zero-order valence-electron chi connectivity index (χ0n) is 27.3. The normalized spacial score (nSPS) is 14.0. The van der Waals surface area contributed by atoms with Crippen molar-refractivity contribution in [3.05, 3.63) is 109 Å². The number of esters is 1. The highest BCUT2D eigenvalue weighted by molar-refractivity contribution is 6.18. The van der Waals surface area contributed by atoms with E-state index in [1.54, 1.807) is 0 Å². The largest absolute Gasteiger partial charge is 0.459 e. The lowest BCUT2D eigenvalue weighted by Crippen LogP contribution is -2.40. The lowest BCUT2D eigenvalue weighted by Gasteiger charge is -2.38. The molecular formula is C41H42N2O3. The highest BCUT2D eigenvalue weighted by Gasteiger charge is 2.38. The SMILES string of the molecule is C=C(CCCC)C(=O)OC(C)(CC)C(CC)n1c2ccccc2c2cc3c4ccccc4n(Cc4cc5ccccc5o4)c3cc21. The van der Waals surface area contributed by atoms with E-state index in [9.17, 15) is 4.79 Å². The summed E-state index contributed by atoms with van der Waals surface area (Å²) >= 11 is 0. The molecule has 7 aromatic rings. The van der Waals surface area contributed by atoms with Gasteiger partial charge in [0.05, 0.1) is 23.6 Å². The minimum atomic E-state index is -0.731. The molecular weight excluding hydrogens is 568 g/mol. The maximum atomic E-state index is 13.4. The first-order valence-electron chi connectivity index (χ1n) is 16.7. The summed E-state index contributed by atoms with van der Waals surface area (Å²) in [7, 11) is 0. The van der Waals surface area contributed by atoms with Crippen LogP contribution in [0.5, 0.6) is 0 Å². The van der Waals surface area contributed by atoms with Crippen LogP contribution < -0.4 is 0 Å². The Kier molecular flexibility index (Phi) is 7.72. The Bertz CT molecular complexity index is 2210.